The largest absolute Gasteiger partial charge is 0.497 e. The maximum Gasteiger partial charge on any atom is 0.253 e. The van der Waals surface area contributed by atoms with Crippen LogP contribution >= 0.6 is 11.6 Å². The first-order chi connectivity index (χ1) is 14.5. The molecule has 0 aromatic heterocycles. The predicted octanol–water partition coefficient (Wildman–Crippen LogP) is 4.22. The van der Waals surface area contributed by atoms with Gasteiger partial charge in [-0.2, -0.15) is 0 Å². The molecule has 4 rings (SSSR count). The molecule has 2 fully saturated rings. The molecule has 158 valence electrons. The van der Waals surface area contributed by atoms with Crippen LogP contribution in [0.3, 0.4) is 0 Å². The highest BCUT2D eigenvalue weighted by Gasteiger charge is 2.35. The molecule has 2 saturated heterocycles. The molecule has 0 radical (unpaired) electrons. The number of hydrogen-bond acceptors (Lipinski definition) is 3. The lowest BCUT2D eigenvalue weighted by atomic mass is 9.95. The number of piperidine rings is 1. The Kier molecular flexibility index (Phi) is 6.28. The minimum Gasteiger partial charge on any atom is -0.497 e. The third-order valence-corrected chi connectivity index (χ3v) is 6.49. The maximum atomic E-state index is 13.2. The second-order valence-corrected chi connectivity index (χ2v) is 8.58. The van der Waals surface area contributed by atoms with Gasteiger partial charge in [0, 0.05) is 42.7 Å². The smallest absolute Gasteiger partial charge is 0.253 e. The van der Waals surface area contributed by atoms with Crippen LogP contribution in [0.4, 0.5) is 0 Å². The first-order valence-electron chi connectivity index (χ1n) is 10.5. The van der Waals surface area contributed by atoms with Crippen LogP contribution in [-0.2, 0) is 4.79 Å². The van der Waals surface area contributed by atoms with Crippen LogP contribution in [0, 0.1) is 5.92 Å². The Balaban J connectivity index is 1.37. The van der Waals surface area contributed by atoms with E-state index in [0.29, 0.717) is 29.6 Å². The van der Waals surface area contributed by atoms with Gasteiger partial charge in [-0.05, 0) is 61.2 Å². The van der Waals surface area contributed by atoms with Gasteiger partial charge in [-0.25, -0.2) is 0 Å². The van der Waals surface area contributed by atoms with Crippen molar-refractivity contribution in [2.45, 2.75) is 25.2 Å². The molecule has 2 atom stereocenters. The summed E-state index contributed by atoms with van der Waals surface area (Å²) in [5.74, 6) is 1.23. The van der Waals surface area contributed by atoms with Gasteiger partial charge in [-0.3, -0.25) is 9.59 Å². The van der Waals surface area contributed by atoms with Gasteiger partial charge in [0.25, 0.3) is 5.91 Å². The van der Waals surface area contributed by atoms with E-state index in [4.69, 9.17) is 16.3 Å². The number of halogens is 1. The average molecular weight is 427 g/mol. The second-order valence-electron chi connectivity index (χ2n) is 8.14. The normalized spacial score (nSPS) is 21.5. The predicted molar refractivity (Wildman–Crippen MR) is 117 cm³/mol. The van der Waals surface area contributed by atoms with Crippen molar-refractivity contribution >= 4 is 23.4 Å². The number of benzene rings is 2. The Morgan fingerprint density at radius 1 is 0.933 bits per heavy atom. The molecule has 2 aromatic carbocycles. The second kappa shape index (κ2) is 9.09. The van der Waals surface area contributed by atoms with E-state index < -0.39 is 0 Å². The number of rotatable bonds is 4. The fourth-order valence-corrected chi connectivity index (χ4v) is 4.63. The van der Waals surface area contributed by atoms with Gasteiger partial charge in [0.2, 0.25) is 5.91 Å². The summed E-state index contributed by atoms with van der Waals surface area (Å²) >= 11 is 5.93. The highest BCUT2D eigenvalue weighted by molar-refractivity contribution is 6.30. The van der Waals surface area contributed by atoms with Crippen molar-refractivity contribution < 1.29 is 14.3 Å². The number of carbonyl (C=O) groups is 2. The standard InChI is InChI=1S/C24H27ClN2O3/c1-30-22-10-6-17(7-11-22)19-12-14-27(15-19)24(29)20-3-2-13-26(16-20)23(28)18-4-8-21(25)9-5-18/h4-11,19-20H,2-3,12-16H2,1H3. The van der Waals surface area contributed by atoms with Crippen LogP contribution in [-0.4, -0.2) is 54.9 Å². The Labute approximate surface area is 182 Å². The number of amides is 2. The van der Waals surface area contributed by atoms with E-state index in [0.717, 1.165) is 38.1 Å². The Morgan fingerprint density at radius 3 is 2.37 bits per heavy atom. The van der Waals surface area contributed by atoms with Crippen LogP contribution in [0.5, 0.6) is 5.75 Å². The summed E-state index contributed by atoms with van der Waals surface area (Å²) in [6.07, 6.45) is 2.66. The highest BCUT2D eigenvalue weighted by atomic mass is 35.5. The Bertz CT molecular complexity index is 898. The van der Waals surface area contributed by atoms with Crippen molar-refractivity contribution in [1.29, 1.82) is 0 Å². The molecule has 6 heteroatoms. The van der Waals surface area contributed by atoms with Crippen molar-refractivity contribution in [3.63, 3.8) is 0 Å². The zero-order valence-corrected chi connectivity index (χ0v) is 18.0. The molecule has 0 saturated carbocycles. The van der Waals surface area contributed by atoms with E-state index in [1.54, 1.807) is 31.4 Å². The van der Waals surface area contributed by atoms with E-state index in [-0.39, 0.29) is 17.7 Å². The molecule has 0 N–H and O–H groups in total. The summed E-state index contributed by atoms with van der Waals surface area (Å²) in [5.41, 5.74) is 1.86. The molecule has 0 spiro atoms. The summed E-state index contributed by atoms with van der Waals surface area (Å²) < 4.78 is 5.23. The van der Waals surface area contributed by atoms with Crippen LogP contribution in [0.15, 0.2) is 48.5 Å². The Morgan fingerprint density at radius 2 is 1.67 bits per heavy atom. The molecule has 2 unspecified atom stereocenters. The minimum atomic E-state index is -0.121. The summed E-state index contributed by atoms with van der Waals surface area (Å²) in [7, 11) is 1.66. The molecule has 2 aromatic rings. The van der Waals surface area contributed by atoms with Gasteiger partial charge in [0.05, 0.1) is 13.0 Å². The van der Waals surface area contributed by atoms with Crippen molar-refractivity contribution in [3.8, 4) is 5.75 Å². The lowest BCUT2D eigenvalue weighted by Gasteiger charge is -2.34. The lowest BCUT2D eigenvalue weighted by Crippen LogP contribution is -2.46. The SMILES string of the molecule is COc1ccc(C2CCN(C(=O)C3CCCN(C(=O)c4ccc(Cl)cc4)C3)C2)cc1. The van der Waals surface area contributed by atoms with Gasteiger partial charge >= 0.3 is 0 Å². The Hall–Kier alpha value is -2.53. The van der Waals surface area contributed by atoms with Crippen molar-refractivity contribution in [1.82, 2.24) is 9.80 Å². The van der Waals surface area contributed by atoms with Crippen LogP contribution < -0.4 is 4.74 Å². The zero-order chi connectivity index (χ0) is 21.1. The van der Waals surface area contributed by atoms with Crippen LogP contribution in [0.2, 0.25) is 5.02 Å². The third-order valence-electron chi connectivity index (χ3n) is 6.24. The van der Waals surface area contributed by atoms with Crippen LogP contribution in [0.25, 0.3) is 0 Å². The average Bonchev–Trinajstić information content (AvgIpc) is 3.29. The van der Waals surface area contributed by atoms with Gasteiger partial charge in [0.1, 0.15) is 5.75 Å². The number of carbonyl (C=O) groups excluding carboxylic acids is 2. The molecule has 0 bridgehead atoms. The van der Waals surface area contributed by atoms with Gasteiger partial charge in [-0.15, -0.1) is 0 Å². The summed E-state index contributed by atoms with van der Waals surface area (Å²) in [6.45, 7) is 2.70. The topological polar surface area (TPSA) is 49.9 Å². The van der Waals surface area contributed by atoms with Crippen molar-refractivity contribution in [2.75, 3.05) is 33.3 Å². The first kappa shape index (κ1) is 20.7. The van der Waals surface area contributed by atoms with Crippen molar-refractivity contribution in [3.05, 3.63) is 64.7 Å². The molecule has 2 aliphatic heterocycles. The third kappa shape index (κ3) is 4.46. The molecule has 2 aliphatic rings. The summed E-state index contributed by atoms with van der Waals surface area (Å²) in [6, 6.07) is 15.1. The highest BCUT2D eigenvalue weighted by Crippen LogP contribution is 2.31. The van der Waals surface area contributed by atoms with Crippen molar-refractivity contribution in [2.24, 2.45) is 5.92 Å². The molecular formula is C24H27ClN2O3. The lowest BCUT2D eigenvalue weighted by molar-refractivity contribution is -0.135. The molecule has 5 nitrogen and oxygen atoms in total. The monoisotopic (exact) mass is 426 g/mol. The fraction of sp³-hybridized carbons (Fsp3) is 0.417. The molecule has 30 heavy (non-hydrogen) atoms. The summed E-state index contributed by atoms with van der Waals surface area (Å²) in [4.78, 5) is 29.8. The van der Waals surface area contributed by atoms with E-state index in [9.17, 15) is 9.59 Å². The number of ether oxygens (including phenoxy) is 1. The molecular weight excluding hydrogens is 400 g/mol. The number of hydrogen-bond donors (Lipinski definition) is 0. The van der Waals surface area contributed by atoms with E-state index >= 15 is 0 Å². The molecule has 2 heterocycles. The maximum absolute atomic E-state index is 13.2. The van der Waals surface area contributed by atoms with Gasteiger partial charge < -0.3 is 14.5 Å². The number of nitrogens with zero attached hydrogens (tertiary/aromatic N) is 2. The minimum absolute atomic E-state index is 0.0262. The zero-order valence-electron chi connectivity index (χ0n) is 17.2. The van der Waals surface area contributed by atoms with E-state index in [2.05, 4.69) is 12.1 Å². The number of likely N-dealkylation sites (tertiary alicyclic amines) is 2. The van der Waals surface area contributed by atoms with Crippen LogP contribution in [0.1, 0.15) is 41.1 Å². The number of methoxy groups -OCH3 is 1. The van der Waals surface area contributed by atoms with E-state index in [1.807, 2.05) is 21.9 Å². The quantitative estimate of drug-likeness (QED) is 0.735. The summed E-state index contributed by atoms with van der Waals surface area (Å²) in [5, 5.41) is 0.610. The van der Waals surface area contributed by atoms with Gasteiger partial charge in [0.15, 0.2) is 0 Å². The van der Waals surface area contributed by atoms with E-state index in [1.165, 1.54) is 5.56 Å². The first-order valence-corrected chi connectivity index (χ1v) is 10.9. The fourth-order valence-electron chi connectivity index (χ4n) is 4.51. The molecule has 2 amide bonds. The molecule has 0 aliphatic carbocycles. The van der Waals surface area contributed by atoms with Gasteiger partial charge in [-0.1, -0.05) is 23.7 Å².